The molecule has 0 saturated carbocycles. The monoisotopic (exact) mass is 306 g/mol. The summed E-state index contributed by atoms with van der Waals surface area (Å²) in [6, 6.07) is 5.22. The number of amides is 1. The highest BCUT2D eigenvalue weighted by atomic mass is 79.9. The predicted octanol–water partition coefficient (Wildman–Crippen LogP) is 2.86. The van der Waals surface area contributed by atoms with Crippen LogP contribution in [0.4, 0.5) is 5.69 Å². The van der Waals surface area contributed by atoms with Crippen molar-refractivity contribution in [2.75, 3.05) is 5.32 Å². The molecule has 0 unspecified atom stereocenters. The van der Waals surface area contributed by atoms with Gasteiger partial charge < -0.3 is 11.1 Å². The molecule has 1 amide bonds. The van der Waals surface area contributed by atoms with Crippen molar-refractivity contribution in [3.63, 3.8) is 0 Å². The van der Waals surface area contributed by atoms with Gasteiger partial charge in [0.1, 0.15) is 0 Å². The Morgan fingerprint density at radius 1 is 1.56 bits per heavy atom. The van der Waals surface area contributed by atoms with E-state index in [9.17, 15) is 4.79 Å². The molecule has 0 radical (unpaired) electrons. The summed E-state index contributed by atoms with van der Waals surface area (Å²) in [6.45, 7) is 3.86. The Morgan fingerprint density at radius 3 is 2.69 bits per heavy atom. The van der Waals surface area contributed by atoms with Crippen molar-refractivity contribution in [3.8, 4) is 0 Å². The van der Waals surface area contributed by atoms with Gasteiger partial charge in [-0.1, -0.05) is 22.9 Å². The van der Waals surface area contributed by atoms with E-state index in [1.165, 1.54) is 0 Å². The zero-order chi connectivity index (χ0) is 11.4. The van der Waals surface area contributed by atoms with E-state index < -0.39 is 6.04 Å². The zero-order valence-corrected chi connectivity index (χ0v) is 11.7. The minimum Gasteiger partial charge on any atom is -0.325 e. The standard InChI is InChI=1S/C11H15BrN2O.ClH/c1-3-10(13)11(15)14-8-4-5-9(12)7(2)6-8;/h4-6,10H,3,13H2,1-2H3,(H,14,15);1H/t10-;/m0./s1. The molecule has 90 valence electrons. The number of carbonyl (C=O) groups excluding carboxylic acids is 1. The lowest BCUT2D eigenvalue weighted by Crippen LogP contribution is -2.34. The van der Waals surface area contributed by atoms with E-state index in [4.69, 9.17) is 5.73 Å². The summed E-state index contributed by atoms with van der Waals surface area (Å²) < 4.78 is 1.03. The van der Waals surface area contributed by atoms with Crippen LogP contribution in [-0.4, -0.2) is 11.9 Å². The molecule has 0 fully saturated rings. The van der Waals surface area contributed by atoms with Gasteiger partial charge in [-0.3, -0.25) is 4.79 Å². The number of aryl methyl sites for hydroxylation is 1. The van der Waals surface area contributed by atoms with Crippen molar-refractivity contribution in [1.82, 2.24) is 0 Å². The third-order valence-corrected chi connectivity index (χ3v) is 3.09. The van der Waals surface area contributed by atoms with Gasteiger partial charge >= 0.3 is 0 Å². The maximum absolute atomic E-state index is 11.5. The van der Waals surface area contributed by atoms with Crippen LogP contribution in [0.1, 0.15) is 18.9 Å². The predicted molar refractivity (Wildman–Crippen MR) is 73.0 cm³/mol. The van der Waals surface area contributed by atoms with E-state index >= 15 is 0 Å². The average molecular weight is 308 g/mol. The Labute approximate surface area is 110 Å². The molecule has 1 atom stereocenters. The van der Waals surface area contributed by atoms with Crippen molar-refractivity contribution in [2.24, 2.45) is 5.73 Å². The molecule has 0 saturated heterocycles. The van der Waals surface area contributed by atoms with Crippen LogP contribution in [0.3, 0.4) is 0 Å². The molecule has 0 spiro atoms. The van der Waals surface area contributed by atoms with E-state index in [0.29, 0.717) is 6.42 Å². The topological polar surface area (TPSA) is 55.1 Å². The van der Waals surface area contributed by atoms with Gasteiger partial charge in [0, 0.05) is 10.2 Å². The van der Waals surface area contributed by atoms with Crippen LogP contribution in [-0.2, 0) is 4.79 Å². The highest BCUT2D eigenvalue weighted by Gasteiger charge is 2.10. The fourth-order valence-corrected chi connectivity index (χ4v) is 1.39. The van der Waals surface area contributed by atoms with Crippen molar-refractivity contribution in [1.29, 1.82) is 0 Å². The first-order chi connectivity index (χ1) is 7.04. The number of nitrogens with two attached hydrogens (primary N) is 1. The Kier molecular flexibility index (Phi) is 6.64. The molecule has 1 rings (SSSR count). The smallest absolute Gasteiger partial charge is 0.241 e. The molecule has 0 aliphatic heterocycles. The van der Waals surface area contributed by atoms with E-state index in [-0.39, 0.29) is 18.3 Å². The van der Waals surface area contributed by atoms with Gasteiger partial charge in [0.2, 0.25) is 5.91 Å². The van der Waals surface area contributed by atoms with E-state index in [2.05, 4.69) is 21.2 Å². The van der Waals surface area contributed by atoms with Crippen LogP contribution in [0.25, 0.3) is 0 Å². The van der Waals surface area contributed by atoms with Crippen LogP contribution in [0.5, 0.6) is 0 Å². The fraction of sp³-hybridized carbons (Fsp3) is 0.364. The van der Waals surface area contributed by atoms with Crippen LogP contribution in [0, 0.1) is 6.92 Å². The fourth-order valence-electron chi connectivity index (χ4n) is 1.14. The Morgan fingerprint density at radius 2 is 2.19 bits per heavy atom. The lowest BCUT2D eigenvalue weighted by atomic mass is 10.2. The molecular weight excluding hydrogens is 291 g/mol. The van der Waals surface area contributed by atoms with Crippen molar-refractivity contribution in [2.45, 2.75) is 26.3 Å². The summed E-state index contributed by atoms with van der Waals surface area (Å²) in [5.74, 6) is -0.140. The summed E-state index contributed by atoms with van der Waals surface area (Å²) in [4.78, 5) is 11.5. The molecule has 1 aromatic rings. The average Bonchev–Trinajstić information content (AvgIpc) is 2.22. The summed E-state index contributed by atoms with van der Waals surface area (Å²) in [5.41, 5.74) is 7.47. The maximum Gasteiger partial charge on any atom is 0.241 e. The van der Waals surface area contributed by atoms with Gasteiger partial charge in [-0.15, -0.1) is 12.4 Å². The van der Waals surface area contributed by atoms with Crippen LogP contribution < -0.4 is 11.1 Å². The number of anilines is 1. The van der Waals surface area contributed by atoms with E-state index in [0.717, 1.165) is 15.7 Å². The lowest BCUT2D eigenvalue weighted by Gasteiger charge is -2.10. The lowest BCUT2D eigenvalue weighted by molar-refractivity contribution is -0.117. The molecule has 0 bridgehead atoms. The third kappa shape index (κ3) is 4.12. The SMILES string of the molecule is CC[C@H](N)C(=O)Nc1ccc(Br)c(C)c1.Cl. The van der Waals surface area contributed by atoms with Crippen LogP contribution in [0.2, 0.25) is 0 Å². The number of halogens is 2. The number of benzene rings is 1. The van der Waals surface area contributed by atoms with E-state index in [1.54, 1.807) is 0 Å². The largest absolute Gasteiger partial charge is 0.325 e. The molecule has 0 aliphatic carbocycles. The quantitative estimate of drug-likeness (QED) is 0.902. The summed E-state index contributed by atoms with van der Waals surface area (Å²) in [7, 11) is 0. The Balaban J connectivity index is 0.00000225. The van der Waals surface area contributed by atoms with Crippen molar-refractivity contribution >= 4 is 39.9 Å². The molecule has 0 aromatic heterocycles. The first kappa shape index (κ1) is 15.4. The van der Waals surface area contributed by atoms with Gasteiger partial charge in [0.25, 0.3) is 0 Å². The normalized spacial score (nSPS) is 11.5. The molecule has 3 N–H and O–H groups in total. The zero-order valence-electron chi connectivity index (χ0n) is 9.29. The van der Waals surface area contributed by atoms with Crippen LogP contribution in [0.15, 0.2) is 22.7 Å². The second-order valence-electron chi connectivity index (χ2n) is 3.47. The Bertz CT molecular complexity index is 371. The minimum absolute atomic E-state index is 0. The van der Waals surface area contributed by atoms with Crippen LogP contribution >= 0.6 is 28.3 Å². The van der Waals surface area contributed by atoms with Gasteiger partial charge in [-0.05, 0) is 37.1 Å². The molecule has 0 aliphatic rings. The maximum atomic E-state index is 11.5. The minimum atomic E-state index is -0.436. The van der Waals surface area contributed by atoms with Crippen molar-refractivity contribution < 1.29 is 4.79 Å². The highest BCUT2D eigenvalue weighted by molar-refractivity contribution is 9.10. The van der Waals surface area contributed by atoms with E-state index in [1.807, 2.05) is 32.0 Å². The number of carbonyl (C=O) groups is 1. The Hall–Kier alpha value is -0.580. The van der Waals surface area contributed by atoms with Gasteiger partial charge in [0.05, 0.1) is 6.04 Å². The van der Waals surface area contributed by atoms with Gasteiger partial charge in [-0.25, -0.2) is 0 Å². The first-order valence-electron chi connectivity index (χ1n) is 4.87. The second kappa shape index (κ2) is 6.89. The summed E-state index contributed by atoms with van der Waals surface area (Å²) in [6.07, 6.45) is 0.640. The number of rotatable bonds is 3. The molecule has 16 heavy (non-hydrogen) atoms. The van der Waals surface area contributed by atoms with Gasteiger partial charge in [-0.2, -0.15) is 0 Å². The van der Waals surface area contributed by atoms with Gasteiger partial charge in [0.15, 0.2) is 0 Å². The number of nitrogens with one attached hydrogen (secondary N) is 1. The molecule has 5 heteroatoms. The third-order valence-electron chi connectivity index (χ3n) is 2.20. The summed E-state index contributed by atoms with van der Waals surface area (Å²) >= 11 is 3.40. The summed E-state index contributed by atoms with van der Waals surface area (Å²) in [5, 5.41) is 2.78. The first-order valence-corrected chi connectivity index (χ1v) is 5.66. The number of hydrogen-bond donors (Lipinski definition) is 2. The highest BCUT2D eigenvalue weighted by Crippen LogP contribution is 2.20. The second-order valence-corrected chi connectivity index (χ2v) is 4.32. The molecule has 3 nitrogen and oxygen atoms in total. The molecule has 0 heterocycles. The molecule has 1 aromatic carbocycles. The number of hydrogen-bond acceptors (Lipinski definition) is 2. The van der Waals surface area contributed by atoms with Crippen molar-refractivity contribution in [3.05, 3.63) is 28.2 Å². The molecular formula is C11H16BrClN2O.